The third-order valence-electron chi connectivity index (χ3n) is 3.74. The van der Waals surface area contributed by atoms with Gasteiger partial charge >= 0.3 is 0 Å². The fourth-order valence-electron chi connectivity index (χ4n) is 2.59. The predicted molar refractivity (Wildman–Crippen MR) is 75.0 cm³/mol. The first-order valence-electron chi connectivity index (χ1n) is 6.64. The number of ether oxygens (including phenoxy) is 1. The maximum Gasteiger partial charge on any atom is 0.0731 e. The van der Waals surface area contributed by atoms with E-state index in [-0.39, 0.29) is 0 Å². The first kappa shape index (κ1) is 13.1. The lowest BCUT2D eigenvalue weighted by molar-refractivity contribution is 0.00154. The fraction of sp³-hybridized carbons (Fsp3) is 0.600. The van der Waals surface area contributed by atoms with E-state index in [1.807, 2.05) is 6.07 Å². The van der Waals surface area contributed by atoms with Gasteiger partial charge in [0.25, 0.3) is 0 Å². The molecule has 2 rings (SSSR count). The molecule has 0 aliphatic heterocycles. The molecule has 0 bridgehead atoms. The van der Waals surface area contributed by atoms with Gasteiger partial charge in [0, 0.05) is 4.47 Å². The van der Waals surface area contributed by atoms with Gasteiger partial charge in [0.2, 0.25) is 0 Å². The van der Waals surface area contributed by atoms with Crippen LogP contribution in [0, 0.1) is 5.92 Å². The second-order valence-electron chi connectivity index (χ2n) is 4.97. The second-order valence-corrected chi connectivity index (χ2v) is 5.82. The zero-order chi connectivity index (χ0) is 12.1. The lowest BCUT2D eigenvalue weighted by Gasteiger charge is -2.28. The molecule has 1 saturated carbocycles. The molecular weight excluding hydrogens is 276 g/mol. The number of halogens is 1. The van der Waals surface area contributed by atoms with Gasteiger partial charge in [-0.2, -0.15) is 0 Å². The summed E-state index contributed by atoms with van der Waals surface area (Å²) < 4.78 is 7.21. The van der Waals surface area contributed by atoms with Crippen molar-refractivity contribution in [2.45, 2.75) is 51.7 Å². The maximum atomic E-state index is 6.05. The van der Waals surface area contributed by atoms with Crippen molar-refractivity contribution in [1.29, 1.82) is 0 Å². The van der Waals surface area contributed by atoms with Crippen LogP contribution in [0.5, 0.6) is 0 Å². The Morgan fingerprint density at radius 2 is 2.12 bits per heavy atom. The Morgan fingerprint density at radius 3 is 2.88 bits per heavy atom. The van der Waals surface area contributed by atoms with Crippen molar-refractivity contribution in [3.8, 4) is 0 Å². The van der Waals surface area contributed by atoms with Gasteiger partial charge in [-0.3, -0.25) is 0 Å². The zero-order valence-electron chi connectivity index (χ0n) is 10.5. The molecule has 0 N–H and O–H groups in total. The highest BCUT2D eigenvalue weighted by Crippen LogP contribution is 2.29. The summed E-state index contributed by atoms with van der Waals surface area (Å²) in [5.74, 6) is 0.882. The van der Waals surface area contributed by atoms with Crippen molar-refractivity contribution in [3.05, 3.63) is 34.3 Å². The van der Waals surface area contributed by atoms with Crippen molar-refractivity contribution in [1.82, 2.24) is 0 Å². The van der Waals surface area contributed by atoms with E-state index in [0.29, 0.717) is 6.10 Å². The van der Waals surface area contributed by atoms with E-state index < -0.39 is 0 Å². The Kier molecular flexibility index (Phi) is 5.05. The molecule has 1 aliphatic rings. The Labute approximate surface area is 113 Å². The second kappa shape index (κ2) is 6.55. The molecule has 1 fully saturated rings. The van der Waals surface area contributed by atoms with E-state index in [4.69, 9.17) is 4.74 Å². The quantitative estimate of drug-likeness (QED) is 0.765. The minimum Gasteiger partial charge on any atom is -0.373 e. The standard InChI is InChI=1S/C15H21BrO/c1-2-12-6-5-8-14(10-12)17-11-13-7-3-4-9-15(13)16/h3-4,7,9,12,14H,2,5-6,8,10-11H2,1H3. The lowest BCUT2D eigenvalue weighted by Crippen LogP contribution is -2.22. The number of rotatable bonds is 4. The molecule has 2 heteroatoms. The average Bonchev–Trinajstić information content (AvgIpc) is 2.38. The summed E-state index contributed by atoms with van der Waals surface area (Å²) in [5, 5.41) is 0. The average molecular weight is 297 g/mol. The van der Waals surface area contributed by atoms with E-state index in [0.717, 1.165) is 17.0 Å². The molecule has 17 heavy (non-hydrogen) atoms. The molecule has 2 atom stereocenters. The van der Waals surface area contributed by atoms with Crippen molar-refractivity contribution in [3.63, 3.8) is 0 Å². The van der Waals surface area contributed by atoms with Crippen molar-refractivity contribution in [2.75, 3.05) is 0 Å². The summed E-state index contributed by atoms with van der Waals surface area (Å²) in [6, 6.07) is 8.32. The summed E-state index contributed by atoms with van der Waals surface area (Å²) in [6.07, 6.45) is 6.99. The van der Waals surface area contributed by atoms with Gasteiger partial charge in [-0.15, -0.1) is 0 Å². The number of benzene rings is 1. The van der Waals surface area contributed by atoms with Gasteiger partial charge in [0.1, 0.15) is 0 Å². The Balaban J connectivity index is 1.84. The van der Waals surface area contributed by atoms with Crippen LogP contribution < -0.4 is 0 Å². The smallest absolute Gasteiger partial charge is 0.0731 e. The lowest BCUT2D eigenvalue weighted by atomic mass is 9.85. The zero-order valence-corrected chi connectivity index (χ0v) is 12.1. The summed E-state index contributed by atoms with van der Waals surface area (Å²) in [6.45, 7) is 3.03. The summed E-state index contributed by atoms with van der Waals surface area (Å²) >= 11 is 3.57. The molecule has 0 amide bonds. The molecule has 1 aromatic carbocycles. The summed E-state index contributed by atoms with van der Waals surface area (Å²) in [4.78, 5) is 0. The van der Waals surface area contributed by atoms with Gasteiger partial charge in [-0.25, -0.2) is 0 Å². The first-order chi connectivity index (χ1) is 8.29. The molecule has 2 unspecified atom stereocenters. The van der Waals surface area contributed by atoms with Crippen LogP contribution in [0.3, 0.4) is 0 Å². The largest absolute Gasteiger partial charge is 0.373 e. The Hall–Kier alpha value is -0.340. The molecule has 0 heterocycles. The Morgan fingerprint density at radius 1 is 1.29 bits per heavy atom. The normalized spacial score (nSPS) is 24.8. The van der Waals surface area contributed by atoms with Gasteiger partial charge < -0.3 is 4.74 Å². The van der Waals surface area contributed by atoms with E-state index in [9.17, 15) is 0 Å². The van der Waals surface area contributed by atoms with E-state index in [1.165, 1.54) is 37.7 Å². The maximum absolute atomic E-state index is 6.05. The summed E-state index contributed by atoms with van der Waals surface area (Å²) in [7, 11) is 0. The van der Waals surface area contributed by atoms with Crippen molar-refractivity contribution >= 4 is 15.9 Å². The highest BCUT2D eigenvalue weighted by atomic mass is 79.9. The van der Waals surface area contributed by atoms with E-state index >= 15 is 0 Å². The van der Waals surface area contributed by atoms with E-state index in [1.54, 1.807) is 0 Å². The van der Waals surface area contributed by atoms with Crippen LogP contribution in [0.25, 0.3) is 0 Å². The highest BCUT2D eigenvalue weighted by Gasteiger charge is 2.21. The van der Waals surface area contributed by atoms with Crippen LogP contribution in [0.4, 0.5) is 0 Å². The topological polar surface area (TPSA) is 9.23 Å². The molecule has 1 nitrogen and oxygen atoms in total. The third kappa shape index (κ3) is 3.82. The molecular formula is C15H21BrO. The monoisotopic (exact) mass is 296 g/mol. The molecule has 0 saturated heterocycles. The molecule has 0 aromatic heterocycles. The SMILES string of the molecule is CCC1CCCC(OCc2ccccc2Br)C1. The predicted octanol–water partition coefficient (Wildman–Crippen LogP) is 4.93. The molecule has 0 spiro atoms. The molecule has 94 valence electrons. The van der Waals surface area contributed by atoms with Gasteiger partial charge in [-0.05, 0) is 30.4 Å². The fourth-order valence-corrected chi connectivity index (χ4v) is 2.99. The van der Waals surface area contributed by atoms with Crippen LogP contribution in [-0.4, -0.2) is 6.10 Å². The van der Waals surface area contributed by atoms with Gasteiger partial charge in [0.15, 0.2) is 0 Å². The van der Waals surface area contributed by atoms with Crippen LogP contribution in [-0.2, 0) is 11.3 Å². The van der Waals surface area contributed by atoms with Crippen LogP contribution in [0.2, 0.25) is 0 Å². The minimum absolute atomic E-state index is 0.473. The van der Waals surface area contributed by atoms with Gasteiger partial charge in [-0.1, -0.05) is 60.3 Å². The van der Waals surface area contributed by atoms with Crippen LogP contribution in [0.1, 0.15) is 44.6 Å². The number of hydrogen-bond acceptors (Lipinski definition) is 1. The van der Waals surface area contributed by atoms with Crippen LogP contribution in [0.15, 0.2) is 28.7 Å². The minimum atomic E-state index is 0.473. The summed E-state index contributed by atoms with van der Waals surface area (Å²) in [5.41, 5.74) is 1.26. The molecule has 0 radical (unpaired) electrons. The van der Waals surface area contributed by atoms with Crippen molar-refractivity contribution in [2.24, 2.45) is 5.92 Å². The molecule has 1 aromatic rings. The van der Waals surface area contributed by atoms with Crippen LogP contribution >= 0.6 is 15.9 Å². The third-order valence-corrected chi connectivity index (χ3v) is 4.52. The van der Waals surface area contributed by atoms with E-state index in [2.05, 4.69) is 41.1 Å². The van der Waals surface area contributed by atoms with Crippen molar-refractivity contribution < 1.29 is 4.74 Å². The first-order valence-corrected chi connectivity index (χ1v) is 7.44. The molecule has 1 aliphatic carbocycles. The number of hydrogen-bond donors (Lipinski definition) is 0. The Bertz CT molecular complexity index is 351. The van der Waals surface area contributed by atoms with Gasteiger partial charge in [0.05, 0.1) is 12.7 Å². The highest BCUT2D eigenvalue weighted by molar-refractivity contribution is 9.10.